The van der Waals surface area contributed by atoms with Crippen LogP contribution in [0.15, 0.2) is 64.3 Å². The highest BCUT2D eigenvalue weighted by Crippen LogP contribution is 2.21. The van der Waals surface area contributed by atoms with E-state index in [1.165, 1.54) is 10.6 Å². The predicted octanol–water partition coefficient (Wildman–Crippen LogP) is 2.59. The zero-order valence-corrected chi connectivity index (χ0v) is 13.8. The number of halogens is 1. The van der Waals surface area contributed by atoms with Crippen molar-refractivity contribution in [1.82, 2.24) is 14.3 Å². The van der Waals surface area contributed by atoms with E-state index >= 15 is 0 Å². The Kier molecular flexibility index (Phi) is 4.12. The van der Waals surface area contributed by atoms with E-state index in [0.717, 1.165) is 10.2 Å². The predicted molar refractivity (Wildman–Crippen MR) is 90.9 cm³/mol. The van der Waals surface area contributed by atoms with Crippen molar-refractivity contribution in [2.45, 2.75) is 0 Å². The summed E-state index contributed by atoms with van der Waals surface area (Å²) in [5.74, 6) is -0.346. The number of aromatic nitrogens is 3. The molecule has 6 nitrogen and oxygen atoms in total. The standard InChI is InChI=1S/C16H13BrN4O2/c1-20-7-6-11(8-15(20)22)16(23)19-13-4-2-3-5-14(13)21-10-12(17)9-18-21/h2-10H,1H3,(H,19,23). The van der Waals surface area contributed by atoms with Crippen molar-refractivity contribution < 1.29 is 4.79 Å². The van der Waals surface area contributed by atoms with Gasteiger partial charge in [-0.05, 0) is 34.1 Å². The molecule has 0 aliphatic heterocycles. The number of benzene rings is 1. The summed E-state index contributed by atoms with van der Waals surface area (Å²) < 4.78 is 3.90. The van der Waals surface area contributed by atoms with Crippen LogP contribution in [0.1, 0.15) is 10.4 Å². The largest absolute Gasteiger partial charge is 0.320 e. The van der Waals surface area contributed by atoms with Gasteiger partial charge in [0.25, 0.3) is 11.5 Å². The van der Waals surface area contributed by atoms with Crippen LogP contribution in [0.4, 0.5) is 5.69 Å². The first-order valence-corrected chi connectivity index (χ1v) is 7.61. The van der Waals surface area contributed by atoms with Crippen molar-refractivity contribution >= 4 is 27.5 Å². The molecular weight excluding hydrogens is 360 g/mol. The fourth-order valence-corrected chi connectivity index (χ4v) is 2.38. The highest BCUT2D eigenvalue weighted by Gasteiger charge is 2.11. The van der Waals surface area contributed by atoms with Gasteiger partial charge in [-0.25, -0.2) is 4.68 Å². The van der Waals surface area contributed by atoms with Crippen LogP contribution >= 0.6 is 15.9 Å². The van der Waals surface area contributed by atoms with E-state index in [0.29, 0.717) is 11.3 Å². The molecule has 1 aromatic carbocycles. The number of carbonyl (C=O) groups is 1. The van der Waals surface area contributed by atoms with Gasteiger partial charge in [0.15, 0.2) is 0 Å². The van der Waals surface area contributed by atoms with Gasteiger partial charge in [0.2, 0.25) is 0 Å². The lowest BCUT2D eigenvalue weighted by Crippen LogP contribution is -2.20. The number of amides is 1. The van der Waals surface area contributed by atoms with E-state index in [9.17, 15) is 9.59 Å². The van der Waals surface area contributed by atoms with Crippen LogP contribution in [0.25, 0.3) is 5.69 Å². The summed E-state index contributed by atoms with van der Waals surface area (Å²) in [7, 11) is 1.63. The lowest BCUT2D eigenvalue weighted by Gasteiger charge is -2.11. The number of anilines is 1. The summed E-state index contributed by atoms with van der Waals surface area (Å²) in [6.45, 7) is 0. The second-order valence-electron chi connectivity index (χ2n) is 4.94. The van der Waals surface area contributed by atoms with Gasteiger partial charge in [0, 0.05) is 31.1 Å². The van der Waals surface area contributed by atoms with Gasteiger partial charge >= 0.3 is 0 Å². The van der Waals surface area contributed by atoms with Crippen LogP contribution < -0.4 is 10.9 Å². The van der Waals surface area contributed by atoms with Crippen molar-refractivity contribution in [3.8, 4) is 5.69 Å². The summed E-state index contributed by atoms with van der Waals surface area (Å²) in [6, 6.07) is 10.2. The highest BCUT2D eigenvalue weighted by molar-refractivity contribution is 9.10. The molecule has 1 N–H and O–H groups in total. The highest BCUT2D eigenvalue weighted by atomic mass is 79.9. The first-order valence-electron chi connectivity index (χ1n) is 6.82. The van der Waals surface area contributed by atoms with E-state index in [4.69, 9.17) is 0 Å². The van der Waals surface area contributed by atoms with Crippen molar-refractivity contribution in [1.29, 1.82) is 0 Å². The third kappa shape index (κ3) is 3.24. The maximum Gasteiger partial charge on any atom is 0.255 e. The maximum atomic E-state index is 12.4. The van der Waals surface area contributed by atoms with Crippen LogP contribution in [0, 0.1) is 0 Å². The number of rotatable bonds is 3. The molecular formula is C16H13BrN4O2. The molecule has 0 atom stereocenters. The Morgan fingerprint density at radius 2 is 2.04 bits per heavy atom. The third-order valence-corrected chi connectivity index (χ3v) is 3.73. The Hall–Kier alpha value is -2.67. The SMILES string of the molecule is Cn1ccc(C(=O)Nc2ccccc2-n2cc(Br)cn2)cc1=O. The zero-order valence-electron chi connectivity index (χ0n) is 12.2. The molecule has 0 aliphatic rings. The fourth-order valence-electron chi connectivity index (χ4n) is 2.10. The molecule has 0 fully saturated rings. The Bertz CT molecular complexity index is 930. The molecule has 3 aromatic rings. The van der Waals surface area contributed by atoms with Crippen LogP contribution in [-0.2, 0) is 7.05 Å². The number of carbonyl (C=O) groups excluding carboxylic acids is 1. The zero-order chi connectivity index (χ0) is 16.4. The topological polar surface area (TPSA) is 68.9 Å². The molecule has 0 radical (unpaired) electrons. The van der Waals surface area contributed by atoms with Gasteiger partial charge in [-0.3, -0.25) is 9.59 Å². The molecule has 2 aromatic heterocycles. The summed E-state index contributed by atoms with van der Waals surface area (Å²) in [5, 5.41) is 7.04. The first kappa shape index (κ1) is 15.2. The van der Waals surface area contributed by atoms with Gasteiger partial charge in [0.05, 0.1) is 22.0 Å². The maximum absolute atomic E-state index is 12.4. The lowest BCUT2D eigenvalue weighted by atomic mass is 10.2. The van der Waals surface area contributed by atoms with E-state index in [1.807, 2.05) is 18.2 Å². The number of hydrogen-bond donors (Lipinski definition) is 1. The molecule has 116 valence electrons. The third-order valence-electron chi connectivity index (χ3n) is 3.32. The summed E-state index contributed by atoms with van der Waals surface area (Å²) in [5.41, 5.74) is 1.41. The van der Waals surface area contributed by atoms with Gasteiger partial charge in [-0.1, -0.05) is 12.1 Å². The molecule has 0 bridgehead atoms. The minimum absolute atomic E-state index is 0.234. The number of para-hydroxylation sites is 2. The second kappa shape index (κ2) is 6.21. The van der Waals surface area contributed by atoms with Crippen LogP contribution in [0.5, 0.6) is 0 Å². The van der Waals surface area contributed by atoms with Gasteiger partial charge in [0.1, 0.15) is 0 Å². The fraction of sp³-hybridized carbons (Fsp3) is 0.0625. The van der Waals surface area contributed by atoms with Gasteiger partial charge in [-0.15, -0.1) is 0 Å². The molecule has 3 rings (SSSR count). The van der Waals surface area contributed by atoms with Crippen molar-refractivity contribution in [3.05, 3.63) is 75.4 Å². The van der Waals surface area contributed by atoms with Crippen LogP contribution in [0.3, 0.4) is 0 Å². The minimum Gasteiger partial charge on any atom is -0.320 e. The summed E-state index contributed by atoms with van der Waals surface area (Å²) in [4.78, 5) is 24.0. The molecule has 0 unspecified atom stereocenters. The van der Waals surface area contributed by atoms with Crippen molar-refractivity contribution in [2.75, 3.05) is 5.32 Å². The summed E-state index contributed by atoms with van der Waals surface area (Å²) >= 11 is 3.35. The van der Waals surface area contributed by atoms with Crippen molar-refractivity contribution in [3.63, 3.8) is 0 Å². The smallest absolute Gasteiger partial charge is 0.255 e. The molecule has 7 heteroatoms. The summed E-state index contributed by atoms with van der Waals surface area (Å²) in [6.07, 6.45) is 5.02. The van der Waals surface area contributed by atoms with Gasteiger partial charge < -0.3 is 9.88 Å². The van der Waals surface area contributed by atoms with Crippen LogP contribution in [-0.4, -0.2) is 20.3 Å². The van der Waals surface area contributed by atoms with E-state index in [2.05, 4.69) is 26.3 Å². The Balaban J connectivity index is 1.92. The van der Waals surface area contributed by atoms with Crippen molar-refractivity contribution in [2.24, 2.45) is 7.05 Å². The van der Waals surface area contributed by atoms with E-state index < -0.39 is 0 Å². The molecule has 23 heavy (non-hydrogen) atoms. The molecule has 0 aliphatic carbocycles. The van der Waals surface area contributed by atoms with Crippen LogP contribution in [0.2, 0.25) is 0 Å². The number of nitrogens with zero attached hydrogens (tertiary/aromatic N) is 3. The van der Waals surface area contributed by atoms with E-state index in [1.54, 1.807) is 42.5 Å². The molecule has 1 amide bonds. The van der Waals surface area contributed by atoms with E-state index in [-0.39, 0.29) is 11.5 Å². The first-order chi connectivity index (χ1) is 11.0. The number of pyridine rings is 1. The molecule has 0 saturated heterocycles. The molecule has 0 spiro atoms. The average molecular weight is 373 g/mol. The number of aryl methyl sites for hydroxylation is 1. The minimum atomic E-state index is -0.346. The average Bonchev–Trinajstić information content (AvgIpc) is 2.97. The normalized spacial score (nSPS) is 10.5. The number of hydrogen-bond acceptors (Lipinski definition) is 3. The Morgan fingerprint density at radius 3 is 2.74 bits per heavy atom. The van der Waals surface area contributed by atoms with Gasteiger partial charge in [-0.2, -0.15) is 5.10 Å². The number of nitrogens with one attached hydrogen (secondary N) is 1. The molecule has 0 saturated carbocycles. The molecule has 2 heterocycles. The quantitative estimate of drug-likeness (QED) is 0.767. The Morgan fingerprint density at radius 1 is 1.26 bits per heavy atom. The Labute approximate surface area is 140 Å². The lowest BCUT2D eigenvalue weighted by molar-refractivity contribution is 0.102. The monoisotopic (exact) mass is 372 g/mol. The second-order valence-corrected chi connectivity index (χ2v) is 5.85.